The fourth-order valence-corrected chi connectivity index (χ4v) is 2.84. The zero-order valence-electron chi connectivity index (χ0n) is 12.1. The van der Waals surface area contributed by atoms with Crippen LogP contribution in [0.25, 0.3) is 0 Å². The molecule has 2 unspecified atom stereocenters. The Labute approximate surface area is 119 Å². The summed E-state index contributed by atoms with van der Waals surface area (Å²) >= 11 is 0. The van der Waals surface area contributed by atoms with Crippen LogP contribution < -0.4 is 10.1 Å². The molecule has 0 aromatic heterocycles. The lowest BCUT2D eigenvalue weighted by Gasteiger charge is -2.18. The van der Waals surface area contributed by atoms with Gasteiger partial charge in [-0.05, 0) is 37.3 Å². The number of benzene rings is 1. The first-order chi connectivity index (χ1) is 9.61. The summed E-state index contributed by atoms with van der Waals surface area (Å²) in [7, 11) is 1.46. The van der Waals surface area contributed by atoms with E-state index in [1.165, 1.54) is 26.4 Å². The van der Waals surface area contributed by atoms with Crippen molar-refractivity contribution < 1.29 is 9.66 Å². The minimum absolute atomic E-state index is 0.0345. The molecule has 0 bridgehead atoms. The van der Waals surface area contributed by atoms with E-state index in [0.717, 1.165) is 18.8 Å². The largest absolute Gasteiger partial charge is 0.490 e. The molecule has 1 aliphatic rings. The summed E-state index contributed by atoms with van der Waals surface area (Å²) in [5, 5.41) is 14.6. The predicted octanol–water partition coefficient (Wildman–Crippen LogP) is 3.98. The molecule has 0 spiro atoms. The van der Waals surface area contributed by atoms with Crippen molar-refractivity contribution in [2.45, 2.75) is 45.1 Å². The molecule has 1 aromatic carbocycles. The fourth-order valence-electron chi connectivity index (χ4n) is 2.84. The van der Waals surface area contributed by atoms with E-state index in [1.54, 1.807) is 18.2 Å². The van der Waals surface area contributed by atoms with Crippen molar-refractivity contribution in [2.75, 3.05) is 12.4 Å². The molecule has 5 heteroatoms. The van der Waals surface area contributed by atoms with Gasteiger partial charge in [0.05, 0.1) is 12.0 Å². The second-order valence-electron chi connectivity index (χ2n) is 5.57. The Morgan fingerprint density at radius 2 is 2.10 bits per heavy atom. The van der Waals surface area contributed by atoms with Gasteiger partial charge in [0.2, 0.25) is 0 Å². The Kier molecular flexibility index (Phi) is 4.82. The van der Waals surface area contributed by atoms with Crippen molar-refractivity contribution in [1.82, 2.24) is 0 Å². The SMILES string of the molecule is COc1cccc(NC2CCCC(C)CC2)c1[N+](=O)[O-]. The standard InChI is InChI=1S/C15H22N2O3/c1-11-5-3-6-12(10-9-11)16-13-7-4-8-14(20-2)15(13)17(18)19/h4,7-8,11-12,16H,3,5-6,9-10H2,1-2H3. The fraction of sp³-hybridized carbons (Fsp3) is 0.600. The third-order valence-electron chi connectivity index (χ3n) is 4.02. The van der Waals surface area contributed by atoms with Crippen LogP contribution >= 0.6 is 0 Å². The highest BCUT2D eigenvalue weighted by molar-refractivity contribution is 5.68. The minimum Gasteiger partial charge on any atom is -0.490 e. The van der Waals surface area contributed by atoms with Gasteiger partial charge in [0, 0.05) is 6.04 Å². The van der Waals surface area contributed by atoms with Crippen LogP contribution in [-0.2, 0) is 0 Å². The number of nitrogens with zero attached hydrogens (tertiary/aromatic N) is 1. The molecular weight excluding hydrogens is 256 g/mol. The van der Waals surface area contributed by atoms with Gasteiger partial charge in [0.1, 0.15) is 5.69 Å². The average Bonchev–Trinajstić information content (AvgIpc) is 2.63. The maximum atomic E-state index is 11.2. The molecule has 1 saturated carbocycles. The van der Waals surface area contributed by atoms with E-state index < -0.39 is 0 Å². The molecule has 2 atom stereocenters. The molecule has 5 nitrogen and oxygen atoms in total. The van der Waals surface area contributed by atoms with Crippen molar-refractivity contribution in [1.29, 1.82) is 0 Å². The molecule has 0 heterocycles. The van der Waals surface area contributed by atoms with Gasteiger partial charge >= 0.3 is 5.69 Å². The van der Waals surface area contributed by atoms with Gasteiger partial charge in [0.15, 0.2) is 5.75 Å². The number of rotatable bonds is 4. The number of nitro benzene ring substituents is 1. The van der Waals surface area contributed by atoms with Gasteiger partial charge in [-0.1, -0.05) is 25.8 Å². The number of methoxy groups -OCH3 is 1. The summed E-state index contributed by atoms with van der Waals surface area (Å²) in [6.07, 6.45) is 5.73. The van der Waals surface area contributed by atoms with Gasteiger partial charge < -0.3 is 10.1 Å². The summed E-state index contributed by atoms with van der Waals surface area (Å²) in [6.45, 7) is 2.27. The van der Waals surface area contributed by atoms with Crippen LogP contribution in [0.4, 0.5) is 11.4 Å². The molecule has 0 amide bonds. The Morgan fingerprint density at radius 1 is 1.30 bits per heavy atom. The van der Waals surface area contributed by atoms with Crippen molar-refractivity contribution in [3.8, 4) is 5.75 Å². The Hall–Kier alpha value is -1.78. The van der Waals surface area contributed by atoms with Gasteiger partial charge in [-0.15, -0.1) is 0 Å². The highest BCUT2D eigenvalue weighted by atomic mass is 16.6. The lowest BCUT2D eigenvalue weighted by atomic mass is 10.0. The lowest BCUT2D eigenvalue weighted by Crippen LogP contribution is -2.19. The van der Waals surface area contributed by atoms with Crippen molar-refractivity contribution in [2.24, 2.45) is 5.92 Å². The smallest absolute Gasteiger partial charge is 0.333 e. The summed E-state index contributed by atoms with van der Waals surface area (Å²) in [4.78, 5) is 10.9. The van der Waals surface area contributed by atoms with Crippen molar-refractivity contribution in [3.05, 3.63) is 28.3 Å². The number of ether oxygens (including phenoxy) is 1. The molecule has 20 heavy (non-hydrogen) atoms. The normalized spacial score (nSPS) is 22.9. The monoisotopic (exact) mass is 278 g/mol. The van der Waals surface area contributed by atoms with Gasteiger partial charge in [0.25, 0.3) is 0 Å². The lowest BCUT2D eigenvalue weighted by molar-refractivity contribution is -0.384. The topological polar surface area (TPSA) is 64.4 Å². The second kappa shape index (κ2) is 6.59. The first-order valence-electron chi connectivity index (χ1n) is 7.19. The van der Waals surface area contributed by atoms with E-state index in [-0.39, 0.29) is 10.6 Å². The predicted molar refractivity (Wildman–Crippen MR) is 79.3 cm³/mol. The molecule has 0 saturated heterocycles. The Balaban J connectivity index is 2.18. The highest BCUT2D eigenvalue weighted by Crippen LogP contribution is 2.36. The first-order valence-corrected chi connectivity index (χ1v) is 7.19. The minimum atomic E-state index is -0.375. The molecule has 1 aliphatic carbocycles. The Morgan fingerprint density at radius 3 is 2.80 bits per heavy atom. The second-order valence-corrected chi connectivity index (χ2v) is 5.57. The maximum absolute atomic E-state index is 11.2. The molecule has 0 aliphatic heterocycles. The van der Waals surface area contributed by atoms with Crippen LogP contribution in [0.3, 0.4) is 0 Å². The van der Waals surface area contributed by atoms with Crippen LogP contribution in [0.15, 0.2) is 18.2 Å². The molecule has 110 valence electrons. The third kappa shape index (κ3) is 3.40. The Bertz CT molecular complexity index is 476. The molecule has 1 fully saturated rings. The zero-order chi connectivity index (χ0) is 14.5. The number of anilines is 1. The maximum Gasteiger partial charge on any atom is 0.333 e. The summed E-state index contributed by atoms with van der Waals surface area (Å²) in [5.74, 6) is 1.06. The van der Waals surface area contributed by atoms with Crippen LogP contribution in [0, 0.1) is 16.0 Å². The van der Waals surface area contributed by atoms with Crippen LogP contribution in [0.5, 0.6) is 5.75 Å². The first kappa shape index (κ1) is 14.6. The van der Waals surface area contributed by atoms with Gasteiger partial charge in [-0.3, -0.25) is 10.1 Å². The number of hydrogen-bond acceptors (Lipinski definition) is 4. The summed E-state index contributed by atoms with van der Waals surface area (Å²) < 4.78 is 5.10. The van der Waals surface area contributed by atoms with E-state index >= 15 is 0 Å². The van der Waals surface area contributed by atoms with E-state index in [9.17, 15) is 10.1 Å². The summed E-state index contributed by atoms with van der Waals surface area (Å²) in [6, 6.07) is 5.48. The average molecular weight is 278 g/mol. The number of hydrogen-bond donors (Lipinski definition) is 1. The van der Waals surface area contributed by atoms with Crippen LogP contribution in [0.1, 0.15) is 39.0 Å². The molecule has 0 radical (unpaired) electrons. The zero-order valence-corrected chi connectivity index (χ0v) is 12.1. The molecule has 1 N–H and O–H groups in total. The molecule has 1 aromatic rings. The van der Waals surface area contributed by atoms with Gasteiger partial charge in [-0.25, -0.2) is 0 Å². The third-order valence-corrected chi connectivity index (χ3v) is 4.02. The van der Waals surface area contributed by atoms with E-state index in [4.69, 9.17) is 4.74 Å². The number of para-hydroxylation sites is 1. The summed E-state index contributed by atoms with van der Waals surface area (Å²) in [5.41, 5.74) is 0.598. The number of nitrogens with one attached hydrogen (secondary N) is 1. The molecular formula is C15H22N2O3. The quantitative estimate of drug-likeness (QED) is 0.514. The molecule has 2 rings (SSSR count). The van der Waals surface area contributed by atoms with Crippen LogP contribution in [0.2, 0.25) is 0 Å². The van der Waals surface area contributed by atoms with Gasteiger partial charge in [-0.2, -0.15) is 0 Å². The van der Waals surface area contributed by atoms with E-state index in [2.05, 4.69) is 12.2 Å². The van der Waals surface area contributed by atoms with Crippen molar-refractivity contribution >= 4 is 11.4 Å². The van der Waals surface area contributed by atoms with E-state index in [1.807, 2.05) is 0 Å². The number of nitro groups is 1. The highest BCUT2D eigenvalue weighted by Gasteiger charge is 2.23. The van der Waals surface area contributed by atoms with Crippen LogP contribution in [-0.4, -0.2) is 18.1 Å². The van der Waals surface area contributed by atoms with Crippen molar-refractivity contribution in [3.63, 3.8) is 0 Å². The van der Waals surface area contributed by atoms with E-state index in [0.29, 0.717) is 17.5 Å².